The number of H-pyrrole nitrogens is 1. The number of hydrogen-bond donors (Lipinski definition) is 5. The molecule has 0 aliphatic carbocycles. The maximum Gasteiger partial charge on any atom is 0.224 e. The predicted molar refractivity (Wildman–Crippen MR) is 206 cm³/mol. The van der Waals surface area contributed by atoms with E-state index in [4.69, 9.17) is 15.2 Å². The molecular weight excluding hydrogens is 689 g/mol. The Morgan fingerprint density at radius 1 is 0.830 bits per heavy atom. The number of aliphatic hydroxyl groups is 1. The number of nitrogens with zero attached hydrogens (tertiary/aromatic N) is 2. The normalized spacial score (nSPS) is 17.0. The van der Waals surface area contributed by atoms with Crippen LogP contribution in [0.3, 0.4) is 0 Å². The second-order valence-electron chi connectivity index (χ2n) is 13.1. The van der Waals surface area contributed by atoms with Gasteiger partial charge in [0.2, 0.25) is 11.8 Å². The average Bonchev–Trinajstić information content (AvgIpc) is 3.73. The molecular formula is C41H46N6O5S. The van der Waals surface area contributed by atoms with Crippen molar-refractivity contribution in [1.29, 1.82) is 0 Å². The molecule has 0 bridgehead atoms. The molecule has 1 fully saturated rings. The van der Waals surface area contributed by atoms with Crippen LogP contribution in [0.2, 0.25) is 0 Å². The minimum Gasteiger partial charge on any atom is -0.397 e. The van der Waals surface area contributed by atoms with Crippen molar-refractivity contribution in [1.82, 2.24) is 20.5 Å². The van der Waals surface area contributed by atoms with Crippen LogP contribution >= 0.6 is 11.8 Å². The van der Waals surface area contributed by atoms with Crippen molar-refractivity contribution in [3.05, 3.63) is 126 Å². The Morgan fingerprint density at radius 2 is 1.58 bits per heavy atom. The molecule has 0 spiro atoms. The first-order chi connectivity index (χ1) is 25.9. The molecule has 12 heteroatoms. The molecule has 2 heterocycles. The number of benzene rings is 4. The fourth-order valence-electron chi connectivity index (χ4n) is 6.19. The Kier molecular flexibility index (Phi) is 13.7. The van der Waals surface area contributed by atoms with Crippen LogP contribution < -0.4 is 16.4 Å². The highest BCUT2D eigenvalue weighted by Gasteiger charge is 2.32. The van der Waals surface area contributed by atoms with Gasteiger partial charge in [0, 0.05) is 37.1 Å². The molecule has 5 aromatic rings. The first-order valence-corrected chi connectivity index (χ1v) is 19.0. The topological polar surface area (TPSA) is 164 Å². The van der Waals surface area contributed by atoms with Crippen molar-refractivity contribution in [2.24, 2.45) is 0 Å². The van der Waals surface area contributed by atoms with Crippen LogP contribution in [-0.4, -0.2) is 44.0 Å². The van der Waals surface area contributed by atoms with Gasteiger partial charge in [-0.25, -0.2) is 4.98 Å². The van der Waals surface area contributed by atoms with Crippen molar-refractivity contribution in [2.75, 3.05) is 16.8 Å². The summed E-state index contributed by atoms with van der Waals surface area (Å²) in [5.74, 6) is 0.656. The molecule has 2 amide bonds. The zero-order valence-electron chi connectivity index (χ0n) is 29.6. The summed E-state index contributed by atoms with van der Waals surface area (Å²) in [7, 11) is 0. The number of unbranched alkanes of at least 4 members (excludes halogenated alkanes) is 3. The first-order valence-electron chi connectivity index (χ1n) is 18.0. The number of aromatic amines is 1. The van der Waals surface area contributed by atoms with Crippen molar-refractivity contribution in [3.63, 3.8) is 0 Å². The van der Waals surface area contributed by atoms with Crippen LogP contribution in [0.1, 0.15) is 79.6 Å². The fraction of sp³-hybridized carbons (Fsp3) is 0.317. The zero-order chi connectivity index (χ0) is 36.8. The van der Waals surface area contributed by atoms with E-state index in [0.717, 1.165) is 64.2 Å². The summed E-state index contributed by atoms with van der Waals surface area (Å²) in [6, 6.07) is 31.5. The Hall–Kier alpha value is -5.01. The van der Waals surface area contributed by atoms with Gasteiger partial charge in [-0.1, -0.05) is 103 Å². The van der Waals surface area contributed by atoms with Crippen LogP contribution in [0.5, 0.6) is 0 Å². The molecule has 53 heavy (non-hydrogen) atoms. The second kappa shape index (κ2) is 19.2. The molecule has 0 radical (unpaired) electrons. The molecule has 0 saturated carbocycles. The van der Waals surface area contributed by atoms with Crippen LogP contribution in [0.15, 0.2) is 109 Å². The number of hydrogen-bond acceptors (Lipinski definition) is 9. The highest BCUT2D eigenvalue weighted by atomic mass is 32.2. The number of ether oxygens (including phenoxy) is 2. The van der Waals surface area contributed by atoms with E-state index in [9.17, 15) is 14.7 Å². The number of nitrogens with one attached hydrogen (secondary N) is 3. The smallest absolute Gasteiger partial charge is 0.224 e. The third-order valence-electron chi connectivity index (χ3n) is 9.14. The summed E-state index contributed by atoms with van der Waals surface area (Å²) >= 11 is 1.56. The van der Waals surface area contributed by atoms with E-state index in [0.29, 0.717) is 42.9 Å². The summed E-state index contributed by atoms with van der Waals surface area (Å²) in [5.41, 5.74) is 13.0. The second-order valence-corrected chi connectivity index (χ2v) is 14.1. The van der Waals surface area contributed by atoms with E-state index in [-0.39, 0.29) is 30.6 Å². The number of carbonyl (C=O) groups is 2. The molecule has 276 valence electrons. The Bertz CT molecular complexity index is 1910. The number of nitrogen functional groups attached to an aromatic ring is 1. The Balaban J connectivity index is 0.968. The monoisotopic (exact) mass is 734 g/mol. The number of aliphatic hydroxyl groups excluding tert-OH is 1. The number of aromatic nitrogens is 3. The van der Waals surface area contributed by atoms with Crippen LogP contribution in [0, 0.1) is 0 Å². The van der Waals surface area contributed by atoms with Crippen molar-refractivity contribution in [3.8, 4) is 11.1 Å². The molecule has 4 aromatic carbocycles. The van der Waals surface area contributed by atoms with Gasteiger partial charge in [-0.15, -0.1) is 0 Å². The maximum atomic E-state index is 12.6. The SMILES string of the molecule is Nc1ccccc1NC(=O)CCCCCCC(=O)NCc1cccc(-c2ccc([C@@H]3O[C@H](CSc4ncn[nH]4)C[C@H](c4ccc(CO)cc4)O3)cc2)c1. The Labute approximate surface area is 314 Å². The summed E-state index contributed by atoms with van der Waals surface area (Å²) in [6.07, 6.45) is 5.55. The molecule has 0 unspecified atom stereocenters. The summed E-state index contributed by atoms with van der Waals surface area (Å²) in [4.78, 5) is 29.0. The van der Waals surface area contributed by atoms with E-state index >= 15 is 0 Å². The van der Waals surface area contributed by atoms with Crippen LogP contribution in [0.25, 0.3) is 11.1 Å². The van der Waals surface area contributed by atoms with E-state index in [1.165, 1.54) is 6.33 Å². The van der Waals surface area contributed by atoms with Gasteiger partial charge in [-0.3, -0.25) is 14.7 Å². The third kappa shape index (κ3) is 11.2. The van der Waals surface area contributed by atoms with Crippen LogP contribution in [-0.2, 0) is 32.2 Å². The standard InChI is InChI=1S/C41H46N6O5S/c42-35-10-5-6-11-36(35)46-39(50)13-4-2-1-3-12-38(49)43-24-29-8-7-9-33(22-29)30-18-20-32(21-19-30)40-51-34(26-53-41-44-27-45-47-41)23-37(52-40)31-16-14-28(25-48)15-17-31/h5-11,14-22,27,34,37,40,48H,1-4,12-13,23-26,42H2,(H,43,49)(H,46,50)(H,44,45,47)/t34-,37+,40+/m0/s1. The van der Waals surface area contributed by atoms with Gasteiger partial charge >= 0.3 is 0 Å². The summed E-state index contributed by atoms with van der Waals surface area (Å²) in [5, 5.41) is 23.0. The first kappa shape index (κ1) is 37.7. The number of thioether (sulfide) groups is 1. The van der Waals surface area contributed by atoms with Gasteiger partial charge in [0.15, 0.2) is 11.4 Å². The minimum atomic E-state index is -0.554. The number of rotatable bonds is 17. The van der Waals surface area contributed by atoms with E-state index in [2.05, 4.69) is 50.1 Å². The van der Waals surface area contributed by atoms with Gasteiger partial charge < -0.3 is 30.9 Å². The van der Waals surface area contributed by atoms with Gasteiger partial charge in [-0.05, 0) is 58.9 Å². The Morgan fingerprint density at radius 3 is 2.32 bits per heavy atom. The molecule has 6 rings (SSSR count). The lowest BCUT2D eigenvalue weighted by molar-refractivity contribution is -0.245. The molecule has 1 aromatic heterocycles. The third-order valence-corrected chi connectivity index (χ3v) is 10.1. The van der Waals surface area contributed by atoms with Crippen molar-refractivity contribution >= 4 is 35.0 Å². The molecule has 1 aliphatic rings. The summed E-state index contributed by atoms with van der Waals surface area (Å²) in [6.45, 7) is 0.446. The minimum absolute atomic E-state index is 0.00389. The zero-order valence-corrected chi connectivity index (χ0v) is 30.4. The van der Waals surface area contributed by atoms with Gasteiger partial charge in [0.05, 0.1) is 30.2 Å². The number of para-hydroxylation sites is 2. The number of amides is 2. The quantitative estimate of drug-likeness (QED) is 0.0370. The van der Waals surface area contributed by atoms with E-state index in [1.54, 1.807) is 23.9 Å². The fourth-order valence-corrected chi connectivity index (χ4v) is 6.99. The van der Waals surface area contributed by atoms with Crippen molar-refractivity contribution in [2.45, 2.75) is 81.8 Å². The molecule has 3 atom stereocenters. The molecule has 1 saturated heterocycles. The van der Waals surface area contributed by atoms with Gasteiger partial charge in [0.25, 0.3) is 0 Å². The van der Waals surface area contributed by atoms with Crippen LogP contribution in [0.4, 0.5) is 11.4 Å². The average molecular weight is 735 g/mol. The lowest BCUT2D eigenvalue weighted by Crippen LogP contribution is -2.31. The van der Waals surface area contributed by atoms with E-state index in [1.807, 2.05) is 60.7 Å². The number of anilines is 2. The van der Waals surface area contributed by atoms with Crippen molar-refractivity contribution < 1.29 is 24.2 Å². The lowest BCUT2D eigenvalue weighted by Gasteiger charge is -2.36. The van der Waals surface area contributed by atoms with Gasteiger partial charge in [0.1, 0.15) is 6.33 Å². The highest BCUT2D eigenvalue weighted by molar-refractivity contribution is 7.99. The number of nitrogens with two attached hydrogens (primary N) is 1. The maximum absolute atomic E-state index is 12.6. The highest BCUT2D eigenvalue weighted by Crippen LogP contribution is 2.39. The predicted octanol–water partition coefficient (Wildman–Crippen LogP) is 7.48. The lowest BCUT2D eigenvalue weighted by atomic mass is 9.99. The largest absolute Gasteiger partial charge is 0.397 e. The van der Waals surface area contributed by atoms with E-state index < -0.39 is 6.29 Å². The molecule has 6 N–H and O–H groups in total. The summed E-state index contributed by atoms with van der Waals surface area (Å²) < 4.78 is 13.0. The molecule has 1 aliphatic heterocycles. The molecule has 11 nitrogen and oxygen atoms in total. The number of carbonyl (C=O) groups excluding carboxylic acids is 2. The van der Waals surface area contributed by atoms with Gasteiger partial charge in [-0.2, -0.15) is 5.10 Å².